The second kappa shape index (κ2) is 27.7. The first-order chi connectivity index (χ1) is 33.3. The van der Waals surface area contributed by atoms with Crippen LogP contribution in [0.25, 0.3) is 34.0 Å². The van der Waals surface area contributed by atoms with Crippen molar-refractivity contribution < 1.29 is 61.3 Å². The number of ketones is 1. The number of alkyl halides is 6. The van der Waals surface area contributed by atoms with Gasteiger partial charge in [0, 0.05) is 67.3 Å². The minimum absolute atomic E-state index is 0. The van der Waals surface area contributed by atoms with E-state index in [1.807, 2.05) is 0 Å². The Bertz CT molecular complexity index is 2730. The van der Waals surface area contributed by atoms with E-state index in [0.717, 1.165) is 143 Å². The van der Waals surface area contributed by atoms with Crippen molar-refractivity contribution in [3.05, 3.63) is 142 Å². The van der Waals surface area contributed by atoms with Gasteiger partial charge >= 0.3 is 31.2 Å². The number of aromatic nitrogens is 4. The standard InChI is InChI=1S/C25H26F3N3O.C25H24F3N3O.C4H8O.Al.Li.4H/c2*26-25(27,28)20-10-8-19-14-17(16-30-23(19)15-20)7-12-22(32)6-2-1-5-21-11-9-18-4-3-13-29-24(18)31-21;1-2-4-5-3-1;;;;;;/h7-12,14-16,22,32H,1-6,13H2,(H,29,31);7-12,14-16H,1-6,13H2,(H,29,31);1-4H2;;;;;;/q;;;;+1;;;;-1/b2*12-7+;;;;;;;. The number of nitrogens with one attached hydrogen (secondary N) is 2. The van der Waals surface area contributed by atoms with Crippen LogP contribution in [0.2, 0.25) is 0 Å². The van der Waals surface area contributed by atoms with Crippen LogP contribution in [0.5, 0.6) is 0 Å². The predicted molar refractivity (Wildman–Crippen MR) is 271 cm³/mol. The molecule has 1 atom stereocenters. The molecule has 1 saturated heterocycles. The van der Waals surface area contributed by atoms with E-state index in [-0.39, 0.29) is 48.9 Å². The van der Waals surface area contributed by atoms with Crippen LogP contribution in [0.3, 0.4) is 0 Å². The van der Waals surface area contributed by atoms with Crippen LogP contribution in [0.1, 0.15) is 110 Å². The summed E-state index contributed by atoms with van der Waals surface area (Å²) in [6.45, 7) is 3.94. The van der Waals surface area contributed by atoms with Crippen molar-refractivity contribution >= 4 is 68.7 Å². The number of aryl methyl sites for hydroxylation is 4. The summed E-state index contributed by atoms with van der Waals surface area (Å²) in [5.41, 5.74) is 5.21. The van der Waals surface area contributed by atoms with Crippen LogP contribution in [-0.4, -0.2) is 80.6 Å². The number of rotatable bonds is 14. The van der Waals surface area contributed by atoms with Crippen molar-refractivity contribution in [1.29, 1.82) is 0 Å². The van der Waals surface area contributed by atoms with Gasteiger partial charge in [-0.15, -0.1) is 0 Å². The van der Waals surface area contributed by atoms with Crippen LogP contribution in [0, 0.1) is 0 Å². The van der Waals surface area contributed by atoms with Crippen molar-refractivity contribution in [2.24, 2.45) is 0 Å². The van der Waals surface area contributed by atoms with E-state index in [2.05, 4.69) is 49.9 Å². The Morgan fingerprint density at radius 2 is 1.18 bits per heavy atom. The van der Waals surface area contributed by atoms with Gasteiger partial charge in [-0.05, 0) is 160 Å². The number of ether oxygens (including phenoxy) is 1. The van der Waals surface area contributed by atoms with Crippen LogP contribution in [0.4, 0.5) is 38.0 Å². The van der Waals surface area contributed by atoms with Gasteiger partial charge in [0.2, 0.25) is 0 Å². The van der Waals surface area contributed by atoms with E-state index >= 15 is 0 Å². The van der Waals surface area contributed by atoms with Gasteiger partial charge in [0.05, 0.1) is 28.3 Å². The number of carbonyl (C=O) groups is 1. The summed E-state index contributed by atoms with van der Waals surface area (Å²) in [5.74, 6) is 2.01. The quantitative estimate of drug-likeness (QED) is 0.0427. The molecule has 0 amide bonds. The van der Waals surface area contributed by atoms with Crippen LogP contribution >= 0.6 is 0 Å². The number of pyridine rings is 4. The number of hydrogen-bond donors (Lipinski definition) is 3. The Labute approximate surface area is 435 Å². The maximum Gasteiger partial charge on any atom is 1.00 e. The molecule has 0 bridgehead atoms. The first-order valence-electron chi connectivity index (χ1n) is 23.8. The van der Waals surface area contributed by atoms with Gasteiger partial charge in [-0.25, -0.2) is 9.97 Å². The first kappa shape index (κ1) is 56.8. The number of fused-ring (bicyclic) bond motifs is 4. The molecular formula is C54H62AlF6LiN6O3. The van der Waals surface area contributed by atoms with Gasteiger partial charge < -0.3 is 21.9 Å². The summed E-state index contributed by atoms with van der Waals surface area (Å²) in [4.78, 5) is 29.8. The Hall–Kier alpha value is -5.06. The number of unbranched alkanes of at least 4 members (excludes halogenated alkanes) is 2. The zero-order valence-corrected chi connectivity index (χ0v) is 39.5. The van der Waals surface area contributed by atoms with Gasteiger partial charge in [-0.1, -0.05) is 42.8 Å². The van der Waals surface area contributed by atoms with Crippen molar-refractivity contribution in [3.8, 4) is 0 Å². The van der Waals surface area contributed by atoms with Crippen molar-refractivity contribution in [3.63, 3.8) is 0 Å². The number of carbonyl (C=O) groups excluding carboxylic acids is 1. The Morgan fingerprint density at radius 3 is 1.68 bits per heavy atom. The van der Waals surface area contributed by atoms with E-state index in [1.54, 1.807) is 30.4 Å². The molecule has 0 spiro atoms. The average molecular weight is 991 g/mol. The topological polar surface area (TPSA) is 122 Å². The molecule has 372 valence electrons. The monoisotopic (exact) mass is 990 g/mol. The number of benzene rings is 2. The fourth-order valence-corrected chi connectivity index (χ4v) is 8.19. The average Bonchev–Trinajstić information content (AvgIpc) is 3.95. The molecule has 0 saturated carbocycles. The molecule has 3 aliphatic heterocycles. The molecular weight excluding hydrogens is 929 g/mol. The molecule has 6 aromatic rings. The van der Waals surface area contributed by atoms with Gasteiger partial charge in [-0.3, -0.25) is 14.8 Å². The smallest absolute Gasteiger partial charge is 1.00 e. The van der Waals surface area contributed by atoms with E-state index in [9.17, 15) is 36.2 Å². The zero-order valence-electron chi connectivity index (χ0n) is 40.5. The fourth-order valence-electron chi connectivity index (χ4n) is 8.19. The Kier molecular flexibility index (Phi) is 22.2. The largest absolute Gasteiger partial charge is 1.00 e. The molecule has 1 fully saturated rings. The minimum Gasteiger partial charge on any atom is -1.00 e. The maximum absolute atomic E-state index is 12.8. The van der Waals surface area contributed by atoms with Gasteiger partial charge in [0.1, 0.15) is 11.6 Å². The van der Waals surface area contributed by atoms with Crippen LogP contribution < -0.4 is 29.5 Å². The first-order valence-corrected chi connectivity index (χ1v) is 23.8. The Balaban J connectivity index is 0.000000274. The third-order valence-corrected chi connectivity index (χ3v) is 12.1. The molecule has 3 aliphatic rings. The molecule has 0 radical (unpaired) electrons. The van der Waals surface area contributed by atoms with Gasteiger partial charge in [0.25, 0.3) is 0 Å². The second-order valence-electron chi connectivity index (χ2n) is 17.5. The molecule has 2 aromatic carbocycles. The molecule has 3 N–H and O–H groups in total. The summed E-state index contributed by atoms with van der Waals surface area (Å²) in [6, 6.07) is 18.9. The van der Waals surface area contributed by atoms with Crippen molar-refractivity contribution in [2.75, 3.05) is 36.9 Å². The molecule has 4 aromatic heterocycles. The minimum atomic E-state index is -4.40. The molecule has 9 rings (SSSR count). The molecule has 9 nitrogen and oxygen atoms in total. The summed E-state index contributed by atoms with van der Waals surface area (Å²) in [7, 11) is 0. The molecule has 17 heteroatoms. The number of aliphatic hydroxyl groups is 1. The molecule has 7 heterocycles. The van der Waals surface area contributed by atoms with E-state index < -0.39 is 29.6 Å². The maximum atomic E-state index is 12.8. The number of anilines is 2. The number of hydrogen-bond acceptors (Lipinski definition) is 9. The normalized spacial score (nSPS) is 14.7. The predicted octanol–water partition coefficient (Wildman–Crippen LogP) is 8.53. The van der Waals surface area contributed by atoms with E-state index in [1.165, 1.54) is 54.6 Å². The van der Waals surface area contributed by atoms with Crippen LogP contribution in [-0.2, 0) is 47.6 Å². The van der Waals surface area contributed by atoms with E-state index in [4.69, 9.17) is 9.72 Å². The fraction of sp³-hybridized carbons (Fsp3) is 0.389. The van der Waals surface area contributed by atoms with E-state index in [0.29, 0.717) is 34.7 Å². The summed E-state index contributed by atoms with van der Waals surface area (Å²) < 4.78 is 81.9. The summed E-state index contributed by atoms with van der Waals surface area (Å²) >= 11 is 0. The number of aliphatic hydroxyl groups excluding tert-OH is 1. The van der Waals surface area contributed by atoms with Crippen molar-refractivity contribution in [2.45, 2.75) is 108 Å². The third kappa shape index (κ3) is 17.9. The van der Waals surface area contributed by atoms with Crippen LogP contribution in [0.15, 0.2) is 97.3 Å². The number of halogens is 6. The number of allylic oxidation sites excluding steroid dienone is 1. The molecule has 1 unspecified atom stereocenters. The second-order valence-corrected chi connectivity index (χ2v) is 17.5. The zero-order chi connectivity index (χ0) is 48.6. The summed E-state index contributed by atoms with van der Waals surface area (Å²) in [6.07, 6.45) is 13.5. The third-order valence-electron chi connectivity index (χ3n) is 12.1. The number of nitrogens with zero attached hydrogens (tertiary/aromatic N) is 4. The SMILES string of the molecule is C1CCOC1.O=C(/C=C/c1cnc2cc(C(F)(F)F)ccc2c1)CCCCc1ccc2c(n1)NCCC2.OC(/C=C/c1cnc2cc(C(F)(F)F)ccc2c1)CCCCc1ccc2c(n1)NCCC2.[AlH3].[H-].[Li+]. The Morgan fingerprint density at radius 1 is 0.676 bits per heavy atom. The van der Waals surface area contributed by atoms with Crippen molar-refractivity contribution in [1.82, 2.24) is 19.9 Å². The van der Waals surface area contributed by atoms with Gasteiger partial charge in [-0.2, -0.15) is 26.3 Å². The van der Waals surface area contributed by atoms with Gasteiger partial charge in [0.15, 0.2) is 23.1 Å². The molecule has 0 aliphatic carbocycles. The summed E-state index contributed by atoms with van der Waals surface area (Å²) in [5, 5.41) is 18.2. The molecule has 71 heavy (non-hydrogen) atoms.